The van der Waals surface area contributed by atoms with Crippen molar-refractivity contribution in [2.24, 2.45) is 34.5 Å². The highest BCUT2D eigenvalue weighted by molar-refractivity contribution is 5.82. The van der Waals surface area contributed by atoms with E-state index in [1.807, 2.05) is 0 Å². The third-order valence-electron chi connectivity index (χ3n) is 8.68. The van der Waals surface area contributed by atoms with Gasteiger partial charge in [0.2, 0.25) is 0 Å². The Kier molecular flexibility index (Phi) is 4.86. The van der Waals surface area contributed by atoms with Crippen LogP contribution in [0.2, 0.25) is 0 Å². The van der Waals surface area contributed by atoms with Crippen LogP contribution in [-0.2, 0) is 23.9 Å². The van der Waals surface area contributed by atoms with Gasteiger partial charge < -0.3 is 9.47 Å². The van der Waals surface area contributed by atoms with Crippen LogP contribution in [0.1, 0.15) is 79.1 Å². The van der Waals surface area contributed by atoms with Crippen LogP contribution >= 0.6 is 0 Å². The third kappa shape index (κ3) is 3.09. The molecule has 156 valence electrons. The van der Waals surface area contributed by atoms with E-state index in [1.165, 1.54) is 13.8 Å². The molecular formula is C23H34O5. The number of Topliss-reactive ketones (excluding diaryl/α,β-unsaturated/α-hetero) is 1. The number of fused-ring (bicyclic) bond motifs is 5. The minimum absolute atomic E-state index is 0.0171. The molecule has 4 saturated carbocycles. The molecule has 4 aliphatic carbocycles. The van der Waals surface area contributed by atoms with Crippen molar-refractivity contribution in [1.29, 1.82) is 0 Å². The maximum absolute atomic E-state index is 12.7. The zero-order chi connectivity index (χ0) is 20.3. The van der Waals surface area contributed by atoms with Crippen molar-refractivity contribution in [3.05, 3.63) is 0 Å². The largest absolute Gasteiger partial charge is 0.463 e. The lowest BCUT2D eigenvalue weighted by molar-refractivity contribution is -0.189. The van der Waals surface area contributed by atoms with Crippen LogP contribution in [0.5, 0.6) is 0 Å². The summed E-state index contributed by atoms with van der Waals surface area (Å²) in [5.41, 5.74) is -0.0670. The fourth-order valence-electron chi connectivity index (χ4n) is 7.92. The van der Waals surface area contributed by atoms with Gasteiger partial charge in [-0.15, -0.1) is 0 Å². The molecule has 0 amide bonds. The van der Waals surface area contributed by atoms with Crippen molar-refractivity contribution in [3.63, 3.8) is 0 Å². The Labute approximate surface area is 167 Å². The second-order valence-corrected chi connectivity index (χ2v) is 10.4. The molecular weight excluding hydrogens is 356 g/mol. The fourth-order valence-corrected chi connectivity index (χ4v) is 7.92. The van der Waals surface area contributed by atoms with Gasteiger partial charge in [0, 0.05) is 32.1 Å². The summed E-state index contributed by atoms with van der Waals surface area (Å²) in [6.07, 6.45) is 7.03. The predicted molar refractivity (Wildman–Crippen MR) is 103 cm³/mol. The van der Waals surface area contributed by atoms with E-state index in [2.05, 4.69) is 13.8 Å². The van der Waals surface area contributed by atoms with E-state index in [0.29, 0.717) is 24.0 Å². The van der Waals surface area contributed by atoms with E-state index < -0.39 is 0 Å². The van der Waals surface area contributed by atoms with Gasteiger partial charge in [-0.25, -0.2) is 0 Å². The summed E-state index contributed by atoms with van der Waals surface area (Å²) >= 11 is 0. The molecule has 0 saturated heterocycles. The Balaban J connectivity index is 1.69. The number of esters is 2. The second-order valence-electron chi connectivity index (χ2n) is 10.4. The molecule has 4 aliphatic rings. The maximum atomic E-state index is 12.7. The van der Waals surface area contributed by atoms with Gasteiger partial charge in [0.15, 0.2) is 0 Å². The van der Waals surface area contributed by atoms with E-state index >= 15 is 0 Å². The summed E-state index contributed by atoms with van der Waals surface area (Å²) in [6, 6.07) is 0. The summed E-state index contributed by atoms with van der Waals surface area (Å²) in [5, 5.41) is 0. The molecule has 0 radical (unpaired) electrons. The number of carbonyl (C=O) groups is 3. The average molecular weight is 391 g/mol. The lowest BCUT2D eigenvalue weighted by Gasteiger charge is -2.61. The molecule has 5 nitrogen and oxygen atoms in total. The van der Waals surface area contributed by atoms with Gasteiger partial charge in [0.1, 0.15) is 18.0 Å². The molecule has 0 aromatic rings. The first kappa shape index (κ1) is 19.9. The number of ether oxygens (including phenoxy) is 2. The van der Waals surface area contributed by atoms with E-state index in [0.717, 1.165) is 44.9 Å². The minimum atomic E-state index is -0.229. The van der Waals surface area contributed by atoms with Gasteiger partial charge in [-0.3, -0.25) is 14.4 Å². The number of ketones is 1. The number of hydrogen-bond acceptors (Lipinski definition) is 5. The first-order chi connectivity index (χ1) is 13.1. The maximum Gasteiger partial charge on any atom is 0.302 e. The Morgan fingerprint density at radius 3 is 2.43 bits per heavy atom. The summed E-state index contributed by atoms with van der Waals surface area (Å²) in [4.78, 5) is 36.2. The second kappa shape index (κ2) is 6.84. The van der Waals surface area contributed by atoms with Gasteiger partial charge in [-0.1, -0.05) is 13.8 Å². The summed E-state index contributed by atoms with van der Waals surface area (Å²) < 4.78 is 11.6. The molecule has 8 unspecified atom stereocenters. The van der Waals surface area contributed by atoms with Crippen LogP contribution in [0.25, 0.3) is 0 Å². The van der Waals surface area contributed by atoms with Crippen molar-refractivity contribution in [2.45, 2.75) is 91.3 Å². The zero-order valence-electron chi connectivity index (χ0n) is 17.7. The first-order valence-electron chi connectivity index (χ1n) is 11.0. The predicted octanol–water partition coefficient (Wildman–Crippen LogP) is 4.07. The van der Waals surface area contributed by atoms with Crippen molar-refractivity contribution in [3.8, 4) is 0 Å². The van der Waals surface area contributed by atoms with Crippen LogP contribution in [0.4, 0.5) is 0 Å². The number of hydrogen-bond donors (Lipinski definition) is 0. The van der Waals surface area contributed by atoms with Gasteiger partial charge in [0.25, 0.3) is 0 Å². The minimum Gasteiger partial charge on any atom is -0.463 e. The van der Waals surface area contributed by atoms with Crippen molar-refractivity contribution < 1.29 is 23.9 Å². The molecule has 8 atom stereocenters. The fraction of sp³-hybridized carbons (Fsp3) is 0.870. The standard InChI is InChI=1S/C23H34O5/c1-13(24)27-15-10-18-16-7-8-17-19(26)6-5-9-23(17,4)21(16)20(28-14(2)25)12-22(18,3)11-15/h15-18,20-21H,5-12H2,1-4H3. The molecule has 0 aromatic carbocycles. The number of rotatable bonds is 2. The monoisotopic (exact) mass is 390 g/mol. The van der Waals surface area contributed by atoms with Crippen LogP contribution in [-0.4, -0.2) is 29.9 Å². The first-order valence-corrected chi connectivity index (χ1v) is 11.0. The molecule has 28 heavy (non-hydrogen) atoms. The number of carbonyl (C=O) groups excluding carboxylic acids is 3. The van der Waals surface area contributed by atoms with Crippen LogP contribution in [0, 0.1) is 34.5 Å². The molecule has 0 spiro atoms. The average Bonchev–Trinajstić information content (AvgIpc) is 2.88. The Morgan fingerprint density at radius 2 is 1.75 bits per heavy atom. The highest BCUT2D eigenvalue weighted by Gasteiger charge is 2.64. The van der Waals surface area contributed by atoms with Crippen molar-refractivity contribution in [1.82, 2.24) is 0 Å². The van der Waals surface area contributed by atoms with Crippen LogP contribution in [0.3, 0.4) is 0 Å². The van der Waals surface area contributed by atoms with Gasteiger partial charge in [0.05, 0.1) is 0 Å². The molecule has 0 heterocycles. The normalized spacial score (nSPS) is 47.5. The van der Waals surface area contributed by atoms with E-state index in [9.17, 15) is 14.4 Å². The van der Waals surface area contributed by atoms with E-state index in [1.54, 1.807) is 0 Å². The molecule has 0 aromatic heterocycles. The summed E-state index contributed by atoms with van der Waals surface area (Å²) in [5.74, 6) is 1.19. The Hall–Kier alpha value is -1.39. The van der Waals surface area contributed by atoms with E-state index in [4.69, 9.17) is 9.47 Å². The zero-order valence-corrected chi connectivity index (χ0v) is 17.7. The van der Waals surface area contributed by atoms with Crippen LogP contribution in [0.15, 0.2) is 0 Å². The quantitative estimate of drug-likeness (QED) is 0.665. The van der Waals surface area contributed by atoms with Crippen molar-refractivity contribution >= 4 is 17.7 Å². The molecule has 0 N–H and O–H groups in total. The Morgan fingerprint density at radius 1 is 1.04 bits per heavy atom. The molecule has 4 fully saturated rings. The van der Waals surface area contributed by atoms with Gasteiger partial charge in [-0.2, -0.15) is 0 Å². The molecule has 0 bridgehead atoms. The van der Waals surface area contributed by atoms with Gasteiger partial charge >= 0.3 is 11.9 Å². The van der Waals surface area contributed by atoms with E-state index in [-0.39, 0.29) is 46.8 Å². The molecule has 0 aliphatic heterocycles. The molecule has 4 rings (SSSR count). The topological polar surface area (TPSA) is 69.7 Å². The lowest BCUT2D eigenvalue weighted by atomic mass is 9.44. The molecule has 5 heteroatoms. The highest BCUT2D eigenvalue weighted by atomic mass is 16.5. The Bertz CT molecular complexity index is 686. The van der Waals surface area contributed by atoms with Gasteiger partial charge in [-0.05, 0) is 67.6 Å². The summed E-state index contributed by atoms with van der Waals surface area (Å²) in [6.45, 7) is 7.54. The lowest BCUT2D eigenvalue weighted by Crippen LogP contribution is -2.59. The highest BCUT2D eigenvalue weighted by Crippen LogP contribution is 2.66. The van der Waals surface area contributed by atoms with Crippen molar-refractivity contribution in [2.75, 3.05) is 0 Å². The third-order valence-corrected chi connectivity index (χ3v) is 8.68. The summed E-state index contributed by atoms with van der Waals surface area (Å²) in [7, 11) is 0. The van der Waals surface area contributed by atoms with Crippen LogP contribution < -0.4 is 0 Å². The SMILES string of the molecule is CC(=O)OC1CC2C3CCC4C(=O)CCCC4(C)C3C(OC(C)=O)CC2(C)C1. The smallest absolute Gasteiger partial charge is 0.302 e.